The van der Waals surface area contributed by atoms with E-state index < -0.39 is 48.7 Å². The zero-order valence-electron chi connectivity index (χ0n) is 19.6. The highest BCUT2D eigenvalue weighted by Gasteiger charge is 2.35. The highest BCUT2D eigenvalue weighted by atomic mass is 35.5. The molecule has 0 aliphatic heterocycles. The van der Waals surface area contributed by atoms with Gasteiger partial charge in [0.2, 0.25) is 0 Å². The van der Waals surface area contributed by atoms with Crippen LogP contribution in [0.15, 0.2) is 42.6 Å². The fourth-order valence-electron chi connectivity index (χ4n) is 3.79. The van der Waals surface area contributed by atoms with Gasteiger partial charge in [-0.15, -0.1) is 0 Å². The topological polar surface area (TPSA) is 121 Å². The van der Waals surface area contributed by atoms with Crippen molar-refractivity contribution in [3.63, 3.8) is 0 Å². The number of amides is 3. The standard InChI is InChI=1S/C24H24ClF4N5O3/c1-34(22(35)32-11-14-3-2-4-19(27)21(14)25)15(9-24(28,29)12-30)7-17-16-8-20(33-23(36)37)31-10-13(16)5-6-18(17)26/h2-6,8,10,15H,7,9,11-12,30H2,1H3,(H,31,33)(H,32,35)(H,36,37). The first-order chi connectivity index (χ1) is 17.4. The van der Waals surface area contributed by atoms with Gasteiger partial charge in [-0.2, -0.15) is 0 Å². The van der Waals surface area contributed by atoms with E-state index in [2.05, 4.69) is 15.6 Å². The number of hydrogen-bond donors (Lipinski definition) is 4. The molecule has 0 bridgehead atoms. The van der Waals surface area contributed by atoms with Gasteiger partial charge in [0.25, 0.3) is 5.92 Å². The summed E-state index contributed by atoms with van der Waals surface area (Å²) in [7, 11) is 1.27. The van der Waals surface area contributed by atoms with Gasteiger partial charge in [0.1, 0.15) is 17.5 Å². The van der Waals surface area contributed by atoms with E-state index in [1.807, 2.05) is 0 Å². The first kappa shape index (κ1) is 27.9. The van der Waals surface area contributed by atoms with Crippen molar-refractivity contribution in [2.45, 2.75) is 31.4 Å². The van der Waals surface area contributed by atoms with Crippen molar-refractivity contribution in [1.82, 2.24) is 15.2 Å². The third kappa shape index (κ3) is 6.98. The summed E-state index contributed by atoms with van der Waals surface area (Å²) in [6.07, 6.45) is -1.30. The zero-order chi connectivity index (χ0) is 27.3. The minimum absolute atomic E-state index is 0.0148. The number of carboxylic acid groups (broad SMARTS) is 1. The summed E-state index contributed by atoms with van der Waals surface area (Å²) in [6.45, 7) is -1.18. The molecule has 1 heterocycles. The van der Waals surface area contributed by atoms with Crippen LogP contribution in [0, 0.1) is 11.6 Å². The molecule has 3 aromatic rings. The molecule has 37 heavy (non-hydrogen) atoms. The highest BCUT2D eigenvalue weighted by molar-refractivity contribution is 6.31. The predicted octanol–water partition coefficient (Wildman–Crippen LogP) is 4.99. The number of nitrogens with zero attached hydrogens (tertiary/aromatic N) is 2. The Bertz CT molecular complexity index is 1310. The number of rotatable bonds is 9. The molecule has 198 valence electrons. The third-order valence-electron chi connectivity index (χ3n) is 5.79. The number of benzene rings is 2. The van der Waals surface area contributed by atoms with E-state index in [0.717, 1.165) is 17.0 Å². The second-order valence-electron chi connectivity index (χ2n) is 8.35. The molecule has 0 aliphatic rings. The number of urea groups is 1. The molecular weight excluding hydrogens is 518 g/mol. The molecule has 1 unspecified atom stereocenters. The van der Waals surface area contributed by atoms with Gasteiger partial charge >= 0.3 is 12.1 Å². The Morgan fingerprint density at radius 3 is 2.62 bits per heavy atom. The maximum absolute atomic E-state index is 15.0. The monoisotopic (exact) mass is 541 g/mol. The maximum atomic E-state index is 15.0. The Hall–Kier alpha value is -3.64. The summed E-state index contributed by atoms with van der Waals surface area (Å²) in [5, 5.41) is 14.0. The van der Waals surface area contributed by atoms with Crippen LogP contribution in [0.4, 0.5) is 33.0 Å². The number of aromatic nitrogens is 1. The second-order valence-corrected chi connectivity index (χ2v) is 8.73. The van der Waals surface area contributed by atoms with Crippen LogP contribution in [0.1, 0.15) is 17.5 Å². The molecule has 0 saturated carbocycles. The minimum Gasteiger partial charge on any atom is -0.465 e. The van der Waals surface area contributed by atoms with Crippen molar-refractivity contribution in [3.05, 3.63) is 70.4 Å². The summed E-state index contributed by atoms with van der Waals surface area (Å²) in [6, 6.07) is 5.86. The Labute approximate surface area is 214 Å². The Morgan fingerprint density at radius 1 is 1.22 bits per heavy atom. The highest BCUT2D eigenvalue weighted by Crippen LogP contribution is 2.29. The lowest BCUT2D eigenvalue weighted by Crippen LogP contribution is -2.47. The predicted molar refractivity (Wildman–Crippen MR) is 131 cm³/mol. The second kappa shape index (κ2) is 11.6. The number of hydrogen-bond acceptors (Lipinski definition) is 4. The average molecular weight is 542 g/mol. The number of nitrogens with two attached hydrogens (primary N) is 1. The number of alkyl halides is 2. The lowest BCUT2D eigenvalue weighted by atomic mass is 9.95. The number of carbonyl (C=O) groups is 2. The number of halogens is 5. The smallest absolute Gasteiger partial charge is 0.410 e. The molecule has 3 rings (SSSR count). The Morgan fingerprint density at radius 2 is 1.95 bits per heavy atom. The van der Waals surface area contributed by atoms with Crippen LogP contribution >= 0.6 is 11.6 Å². The van der Waals surface area contributed by atoms with Crippen LogP contribution in [0.3, 0.4) is 0 Å². The van der Waals surface area contributed by atoms with E-state index in [1.165, 1.54) is 37.5 Å². The van der Waals surface area contributed by atoms with Crippen molar-refractivity contribution in [3.8, 4) is 0 Å². The molecule has 3 amide bonds. The Kier molecular flexibility index (Phi) is 8.77. The molecule has 0 spiro atoms. The number of likely N-dealkylation sites (N-methyl/N-ethyl adjacent to an activating group) is 1. The molecule has 2 aromatic carbocycles. The van der Waals surface area contributed by atoms with E-state index in [9.17, 15) is 27.2 Å². The number of pyridine rings is 1. The minimum atomic E-state index is -3.37. The normalized spacial score (nSPS) is 12.3. The molecule has 0 radical (unpaired) electrons. The van der Waals surface area contributed by atoms with E-state index >= 15 is 0 Å². The number of anilines is 1. The van der Waals surface area contributed by atoms with Gasteiger partial charge < -0.3 is 21.1 Å². The zero-order valence-corrected chi connectivity index (χ0v) is 20.3. The van der Waals surface area contributed by atoms with E-state index in [0.29, 0.717) is 5.39 Å². The SMILES string of the molecule is CN(C(=O)NCc1cccc(F)c1Cl)C(Cc1c(F)ccc2cnc(NC(=O)O)cc12)CC(F)(F)CN. The van der Waals surface area contributed by atoms with Gasteiger partial charge in [0.15, 0.2) is 0 Å². The maximum Gasteiger partial charge on any atom is 0.410 e. The number of fused-ring (bicyclic) bond motifs is 1. The van der Waals surface area contributed by atoms with Gasteiger partial charge in [0.05, 0.1) is 11.6 Å². The van der Waals surface area contributed by atoms with Crippen molar-refractivity contribution < 1.29 is 32.3 Å². The van der Waals surface area contributed by atoms with Gasteiger partial charge in [-0.3, -0.25) is 5.32 Å². The molecule has 5 N–H and O–H groups in total. The fraction of sp³-hybridized carbons (Fsp3) is 0.292. The Balaban J connectivity index is 1.92. The van der Waals surface area contributed by atoms with Crippen LogP contribution in [-0.4, -0.2) is 52.7 Å². The molecule has 8 nitrogen and oxygen atoms in total. The van der Waals surface area contributed by atoms with Crippen molar-refractivity contribution in [1.29, 1.82) is 0 Å². The molecule has 0 aliphatic carbocycles. The van der Waals surface area contributed by atoms with Crippen LogP contribution in [0.2, 0.25) is 5.02 Å². The van der Waals surface area contributed by atoms with Crippen LogP contribution in [0.5, 0.6) is 0 Å². The summed E-state index contributed by atoms with van der Waals surface area (Å²) >= 11 is 5.91. The molecule has 13 heteroatoms. The first-order valence-electron chi connectivity index (χ1n) is 11.0. The van der Waals surface area contributed by atoms with Crippen molar-refractivity contribution in [2.75, 3.05) is 18.9 Å². The first-order valence-corrected chi connectivity index (χ1v) is 11.4. The molecular formula is C24H24ClF4N5O3. The van der Waals surface area contributed by atoms with E-state index in [1.54, 1.807) is 0 Å². The van der Waals surface area contributed by atoms with Gasteiger partial charge in [-0.25, -0.2) is 32.1 Å². The van der Waals surface area contributed by atoms with Crippen LogP contribution < -0.4 is 16.4 Å². The van der Waals surface area contributed by atoms with E-state index in [-0.39, 0.29) is 40.3 Å². The van der Waals surface area contributed by atoms with E-state index in [4.69, 9.17) is 22.4 Å². The van der Waals surface area contributed by atoms with Gasteiger partial charge in [0, 0.05) is 37.6 Å². The molecule has 1 atom stereocenters. The van der Waals surface area contributed by atoms with Gasteiger partial charge in [-0.1, -0.05) is 23.7 Å². The summed E-state index contributed by atoms with van der Waals surface area (Å²) in [5.74, 6) is -4.88. The average Bonchev–Trinajstić information content (AvgIpc) is 2.85. The third-order valence-corrected chi connectivity index (χ3v) is 6.22. The number of carbonyl (C=O) groups excluding carboxylic acids is 1. The lowest BCUT2D eigenvalue weighted by Gasteiger charge is -2.31. The summed E-state index contributed by atoms with van der Waals surface area (Å²) < 4.78 is 57.4. The molecule has 0 saturated heterocycles. The number of nitrogens with one attached hydrogen (secondary N) is 2. The lowest BCUT2D eigenvalue weighted by molar-refractivity contribution is -0.0170. The molecule has 0 fully saturated rings. The fourth-order valence-corrected chi connectivity index (χ4v) is 3.99. The van der Waals surface area contributed by atoms with Crippen LogP contribution in [0.25, 0.3) is 10.8 Å². The quantitative estimate of drug-likeness (QED) is 0.284. The molecule has 1 aromatic heterocycles. The van der Waals surface area contributed by atoms with Gasteiger partial charge in [-0.05, 0) is 47.2 Å². The van der Waals surface area contributed by atoms with Crippen LogP contribution in [-0.2, 0) is 13.0 Å². The largest absolute Gasteiger partial charge is 0.465 e. The van der Waals surface area contributed by atoms with Crippen molar-refractivity contribution in [2.24, 2.45) is 5.73 Å². The summed E-state index contributed by atoms with van der Waals surface area (Å²) in [5.41, 5.74) is 5.47. The van der Waals surface area contributed by atoms with Crippen molar-refractivity contribution >= 4 is 40.3 Å². The summed E-state index contributed by atoms with van der Waals surface area (Å²) in [4.78, 5) is 28.8.